The van der Waals surface area contributed by atoms with Gasteiger partial charge in [0, 0.05) is 11.8 Å². The van der Waals surface area contributed by atoms with Gasteiger partial charge in [0.2, 0.25) is 0 Å². The van der Waals surface area contributed by atoms with E-state index in [1.165, 1.54) is 18.3 Å². The van der Waals surface area contributed by atoms with Gasteiger partial charge in [-0.15, -0.1) is 0 Å². The van der Waals surface area contributed by atoms with Gasteiger partial charge in [-0.1, -0.05) is 0 Å². The summed E-state index contributed by atoms with van der Waals surface area (Å²) >= 11 is 0. The minimum Gasteiger partial charge on any atom is -0.422 e. The minimum absolute atomic E-state index is 0. The fourth-order valence-electron chi connectivity index (χ4n) is 0.639. The van der Waals surface area contributed by atoms with Crippen molar-refractivity contribution in [3.8, 4) is 0 Å². The molecule has 0 aliphatic heterocycles. The highest BCUT2D eigenvalue weighted by Gasteiger charge is 2.11. The van der Waals surface area contributed by atoms with Crippen molar-refractivity contribution >= 4 is 19.0 Å². The molecule has 0 unspecified atom stereocenters. The molecule has 0 bridgehead atoms. The van der Waals surface area contributed by atoms with Crippen LogP contribution in [0.25, 0.3) is 0 Å². The molecule has 5 nitrogen and oxygen atoms in total. The Labute approximate surface area is 69.1 Å². The molecule has 0 aliphatic carbocycles. The molecule has 1 aromatic rings. The van der Waals surface area contributed by atoms with Crippen molar-refractivity contribution in [1.29, 1.82) is 0 Å². The van der Waals surface area contributed by atoms with Crippen molar-refractivity contribution in [1.82, 2.24) is 4.98 Å². The number of aromatic nitrogens is 1. The molecule has 0 saturated heterocycles. The minimum atomic E-state index is -1.57. The normalized spacial score (nSPS) is 8.50. The van der Waals surface area contributed by atoms with Crippen molar-refractivity contribution in [2.75, 3.05) is 0 Å². The second kappa shape index (κ2) is 4.60. The molecular formula is C6H8BNO4. The number of hydrogen-bond acceptors (Lipinski definition) is 4. The summed E-state index contributed by atoms with van der Waals surface area (Å²) < 4.78 is 0. The molecule has 12 heavy (non-hydrogen) atoms. The van der Waals surface area contributed by atoms with E-state index in [0.29, 0.717) is 11.8 Å². The second-order valence-corrected chi connectivity index (χ2v) is 2.01. The van der Waals surface area contributed by atoms with Crippen LogP contribution in [0.5, 0.6) is 0 Å². The number of nitrogens with zero attached hydrogens (tertiary/aromatic N) is 1. The van der Waals surface area contributed by atoms with Crippen molar-refractivity contribution < 1.29 is 20.3 Å². The quantitative estimate of drug-likeness (QED) is 0.385. The van der Waals surface area contributed by atoms with Crippen LogP contribution in [-0.4, -0.2) is 33.9 Å². The Kier molecular flexibility index (Phi) is 4.13. The molecule has 6 heteroatoms. The third-order valence-corrected chi connectivity index (χ3v) is 1.21. The lowest BCUT2D eigenvalue weighted by Crippen LogP contribution is -2.32. The van der Waals surface area contributed by atoms with Gasteiger partial charge in [-0.2, -0.15) is 0 Å². The second-order valence-electron chi connectivity index (χ2n) is 2.01. The van der Waals surface area contributed by atoms with Crippen molar-refractivity contribution in [2.24, 2.45) is 0 Å². The molecule has 0 amide bonds. The Balaban J connectivity index is 0.00000121. The summed E-state index contributed by atoms with van der Waals surface area (Å²) in [6, 6.07) is 2.85. The lowest BCUT2D eigenvalue weighted by atomic mass is 9.85. The third kappa shape index (κ3) is 2.42. The maximum atomic E-state index is 10.1. The summed E-state index contributed by atoms with van der Waals surface area (Å²) in [4.78, 5) is 13.7. The molecule has 1 heterocycles. The fraction of sp³-hybridized carbons (Fsp3) is 0. The Morgan fingerprint density at radius 2 is 2.08 bits per heavy atom. The van der Waals surface area contributed by atoms with E-state index in [9.17, 15) is 4.79 Å². The number of pyridine rings is 1. The van der Waals surface area contributed by atoms with E-state index in [0.717, 1.165) is 0 Å². The van der Waals surface area contributed by atoms with Gasteiger partial charge in [-0.3, -0.25) is 9.78 Å². The van der Waals surface area contributed by atoms with E-state index < -0.39 is 7.12 Å². The van der Waals surface area contributed by atoms with Crippen LogP contribution in [0, 0.1) is 0 Å². The van der Waals surface area contributed by atoms with Crippen molar-refractivity contribution in [2.45, 2.75) is 0 Å². The molecule has 0 radical (unpaired) electrons. The number of rotatable bonds is 2. The first kappa shape index (κ1) is 10.8. The van der Waals surface area contributed by atoms with E-state index in [2.05, 4.69) is 4.98 Å². The van der Waals surface area contributed by atoms with Crippen LogP contribution >= 0.6 is 0 Å². The number of hydrogen-bond donors (Lipinski definition) is 2. The first-order valence-corrected chi connectivity index (χ1v) is 3.01. The van der Waals surface area contributed by atoms with Gasteiger partial charge in [-0.05, 0) is 12.1 Å². The van der Waals surface area contributed by atoms with Crippen molar-refractivity contribution in [3.63, 3.8) is 0 Å². The summed E-state index contributed by atoms with van der Waals surface area (Å²) in [5.74, 6) is 0. The van der Waals surface area contributed by atoms with Crippen LogP contribution in [0.1, 0.15) is 10.4 Å². The van der Waals surface area contributed by atoms with E-state index in [1.807, 2.05) is 0 Å². The molecule has 64 valence electrons. The van der Waals surface area contributed by atoms with Gasteiger partial charge in [0.15, 0.2) is 6.29 Å². The first-order chi connectivity index (χ1) is 5.24. The summed E-state index contributed by atoms with van der Waals surface area (Å²) in [5, 5.41) is 17.2. The summed E-state index contributed by atoms with van der Waals surface area (Å²) in [5.41, 5.74) is 0.546. The molecule has 0 saturated carbocycles. The van der Waals surface area contributed by atoms with Gasteiger partial charge in [0.1, 0.15) is 0 Å². The maximum Gasteiger partial charge on any atom is 0.508 e. The Hall–Kier alpha value is -1.24. The molecule has 4 N–H and O–H groups in total. The molecule has 0 fully saturated rings. The smallest absolute Gasteiger partial charge is 0.422 e. The van der Waals surface area contributed by atoms with Crippen LogP contribution in [0.4, 0.5) is 0 Å². The highest BCUT2D eigenvalue weighted by atomic mass is 16.4. The van der Waals surface area contributed by atoms with Gasteiger partial charge in [0.05, 0.1) is 5.59 Å². The van der Waals surface area contributed by atoms with E-state index in [1.54, 1.807) is 0 Å². The van der Waals surface area contributed by atoms with Crippen LogP contribution in [-0.2, 0) is 0 Å². The Morgan fingerprint density at radius 3 is 2.42 bits per heavy atom. The number of carbonyl (C=O) groups excluding carboxylic acids is 1. The average molecular weight is 169 g/mol. The van der Waals surface area contributed by atoms with Gasteiger partial charge < -0.3 is 15.5 Å². The molecule has 0 aliphatic rings. The molecule has 1 rings (SSSR count). The zero-order valence-electron chi connectivity index (χ0n) is 6.14. The molecule has 0 atom stereocenters. The highest BCUT2D eigenvalue weighted by molar-refractivity contribution is 6.57. The molecule has 1 aromatic heterocycles. The zero-order chi connectivity index (χ0) is 8.27. The molecular weight excluding hydrogens is 161 g/mol. The van der Waals surface area contributed by atoms with Crippen LogP contribution in [0.3, 0.4) is 0 Å². The third-order valence-electron chi connectivity index (χ3n) is 1.21. The summed E-state index contributed by atoms with van der Waals surface area (Å²) in [6.07, 6.45) is 1.92. The van der Waals surface area contributed by atoms with Gasteiger partial charge >= 0.3 is 7.12 Å². The van der Waals surface area contributed by atoms with Gasteiger partial charge in [0.25, 0.3) is 0 Å². The lowest BCUT2D eigenvalue weighted by molar-refractivity contribution is 0.112. The predicted molar refractivity (Wildman–Crippen MR) is 43.1 cm³/mol. The number of carbonyl (C=O) groups is 1. The maximum absolute atomic E-state index is 10.1. The molecule has 0 spiro atoms. The van der Waals surface area contributed by atoms with E-state index >= 15 is 0 Å². The van der Waals surface area contributed by atoms with E-state index in [4.69, 9.17) is 10.0 Å². The van der Waals surface area contributed by atoms with Crippen LogP contribution in [0.2, 0.25) is 0 Å². The Bertz CT molecular complexity index is 248. The SMILES string of the molecule is O.O=Cc1ccc(B(O)O)nc1. The first-order valence-electron chi connectivity index (χ1n) is 3.01. The standard InChI is InChI=1S/C6H6BNO3.H2O/c9-4-5-1-2-6(7(10)11)8-3-5;/h1-4,10-11H;1H2. The average Bonchev–Trinajstić information content (AvgIpc) is 2.05. The predicted octanol–water partition coefficient (Wildman–Crippen LogP) is -2.25. The van der Waals surface area contributed by atoms with Gasteiger partial charge in [-0.25, -0.2) is 0 Å². The highest BCUT2D eigenvalue weighted by Crippen LogP contribution is 1.88. The lowest BCUT2D eigenvalue weighted by Gasteiger charge is -1.96. The summed E-state index contributed by atoms with van der Waals surface area (Å²) in [6.45, 7) is 0. The largest absolute Gasteiger partial charge is 0.508 e. The summed E-state index contributed by atoms with van der Waals surface area (Å²) in [7, 11) is -1.57. The fourth-order valence-corrected chi connectivity index (χ4v) is 0.639. The topological polar surface area (TPSA) is 102 Å². The monoisotopic (exact) mass is 169 g/mol. The number of aldehydes is 1. The van der Waals surface area contributed by atoms with Crippen LogP contribution in [0.15, 0.2) is 18.3 Å². The van der Waals surface area contributed by atoms with E-state index in [-0.39, 0.29) is 11.1 Å². The zero-order valence-corrected chi connectivity index (χ0v) is 6.14. The molecule has 0 aromatic carbocycles. The Morgan fingerprint density at radius 1 is 1.42 bits per heavy atom. The van der Waals surface area contributed by atoms with Crippen LogP contribution < -0.4 is 5.59 Å². The van der Waals surface area contributed by atoms with Crippen molar-refractivity contribution in [3.05, 3.63) is 23.9 Å².